The van der Waals surface area contributed by atoms with Crippen molar-refractivity contribution in [3.63, 3.8) is 0 Å². The Morgan fingerprint density at radius 3 is 2.12 bits per heavy atom. The molecule has 4 aromatic rings. The van der Waals surface area contributed by atoms with E-state index in [-0.39, 0.29) is 0 Å². The molecule has 0 saturated carbocycles. The van der Waals surface area contributed by atoms with Crippen molar-refractivity contribution in [1.82, 2.24) is 0 Å². The maximum absolute atomic E-state index is 6.07. The normalized spacial score (nSPS) is 12.0. The molecule has 0 saturated heterocycles. The van der Waals surface area contributed by atoms with Crippen molar-refractivity contribution in [3.8, 4) is 16.9 Å². The zero-order chi connectivity index (χ0) is 23.0. The lowest BCUT2D eigenvalue weighted by Crippen LogP contribution is -2.04. The number of nitrogens with zero attached hydrogens (tertiary/aromatic N) is 1. The van der Waals surface area contributed by atoms with Gasteiger partial charge in [-0.25, -0.2) is 4.99 Å². The molecular formula is C30H31NO2. The van der Waals surface area contributed by atoms with Crippen LogP contribution < -0.4 is 4.74 Å². The van der Waals surface area contributed by atoms with E-state index in [0.29, 0.717) is 6.61 Å². The van der Waals surface area contributed by atoms with Gasteiger partial charge in [0.15, 0.2) is 5.90 Å². The van der Waals surface area contributed by atoms with Crippen molar-refractivity contribution in [2.24, 2.45) is 4.99 Å². The molecule has 0 radical (unpaired) electrons. The Morgan fingerprint density at radius 1 is 0.788 bits per heavy atom. The van der Waals surface area contributed by atoms with Gasteiger partial charge in [0.2, 0.25) is 0 Å². The second-order valence-corrected chi connectivity index (χ2v) is 7.99. The molecule has 0 aliphatic rings. The third-order valence-corrected chi connectivity index (χ3v) is 5.73. The molecule has 0 aromatic heterocycles. The van der Waals surface area contributed by atoms with Gasteiger partial charge < -0.3 is 9.47 Å². The predicted molar refractivity (Wildman–Crippen MR) is 141 cm³/mol. The summed E-state index contributed by atoms with van der Waals surface area (Å²) in [6.07, 6.45) is 6.93. The molecule has 0 amide bonds. The van der Waals surface area contributed by atoms with Crippen molar-refractivity contribution >= 4 is 33.1 Å². The van der Waals surface area contributed by atoms with Gasteiger partial charge in [-0.3, -0.25) is 0 Å². The molecule has 0 unspecified atom stereocenters. The minimum Gasteiger partial charge on any atom is -0.496 e. The summed E-state index contributed by atoms with van der Waals surface area (Å²) in [5.41, 5.74) is 3.03. The summed E-state index contributed by atoms with van der Waals surface area (Å²) in [6.45, 7) is 4.81. The average Bonchev–Trinajstić information content (AvgIpc) is 2.86. The van der Waals surface area contributed by atoms with Gasteiger partial charge in [-0.05, 0) is 46.5 Å². The van der Waals surface area contributed by atoms with E-state index in [2.05, 4.69) is 92.7 Å². The van der Waals surface area contributed by atoms with Gasteiger partial charge in [0.1, 0.15) is 12.4 Å². The molecule has 0 aliphatic heterocycles. The summed E-state index contributed by atoms with van der Waals surface area (Å²) in [4.78, 5) is 5.06. The summed E-state index contributed by atoms with van der Waals surface area (Å²) in [6, 6.07) is 25.3. The van der Waals surface area contributed by atoms with Gasteiger partial charge in [0.25, 0.3) is 0 Å². The topological polar surface area (TPSA) is 30.8 Å². The summed E-state index contributed by atoms with van der Waals surface area (Å²) < 4.78 is 11.9. The largest absolute Gasteiger partial charge is 0.496 e. The minimum absolute atomic E-state index is 0.535. The highest BCUT2D eigenvalue weighted by Gasteiger charge is 2.18. The highest BCUT2D eigenvalue weighted by molar-refractivity contribution is 6.11. The van der Waals surface area contributed by atoms with Crippen LogP contribution in [0, 0.1) is 0 Å². The lowest BCUT2D eigenvalue weighted by atomic mass is 9.91. The Balaban J connectivity index is 1.98. The fraction of sp³-hybridized carbons (Fsp3) is 0.233. The predicted octanol–water partition coefficient (Wildman–Crippen LogP) is 8.48. The number of rotatable bonds is 8. The van der Waals surface area contributed by atoms with E-state index < -0.39 is 0 Å². The van der Waals surface area contributed by atoms with E-state index in [1.165, 1.54) is 10.8 Å². The molecule has 4 aromatic carbocycles. The second kappa shape index (κ2) is 10.8. The number of fused-ring (bicyclic) bond motifs is 2. The maximum Gasteiger partial charge on any atom is 0.188 e. The first-order valence-corrected chi connectivity index (χ1v) is 11.7. The zero-order valence-electron chi connectivity index (χ0n) is 19.7. The van der Waals surface area contributed by atoms with Crippen molar-refractivity contribution in [3.05, 3.63) is 84.9 Å². The summed E-state index contributed by atoms with van der Waals surface area (Å²) in [7, 11) is 1.73. The highest BCUT2D eigenvalue weighted by Crippen LogP contribution is 2.45. The fourth-order valence-electron chi connectivity index (χ4n) is 4.18. The first-order chi connectivity index (χ1) is 16.3. The van der Waals surface area contributed by atoms with Gasteiger partial charge in [0, 0.05) is 17.5 Å². The lowest BCUT2D eigenvalue weighted by Gasteiger charge is -2.17. The van der Waals surface area contributed by atoms with Crippen LogP contribution in [0.5, 0.6) is 5.75 Å². The molecular weight excluding hydrogens is 406 g/mol. The van der Waals surface area contributed by atoms with Crippen molar-refractivity contribution < 1.29 is 9.47 Å². The van der Waals surface area contributed by atoms with Crippen LogP contribution in [0.3, 0.4) is 0 Å². The first kappa shape index (κ1) is 22.6. The monoisotopic (exact) mass is 437 g/mol. The lowest BCUT2D eigenvalue weighted by molar-refractivity contribution is 0.338. The minimum atomic E-state index is 0.535. The molecule has 0 atom stereocenters. The van der Waals surface area contributed by atoms with Gasteiger partial charge in [0.05, 0.1) is 12.8 Å². The second-order valence-electron chi connectivity index (χ2n) is 7.99. The molecule has 0 N–H and O–H groups in total. The molecule has 0 spiro atoms. The first-order valence-electron chi connectivity index (χ1n) is 11.7. The molecule has 0 heterocycles. The number of methoxy groups -OCH3 is 1. The van der Waals surface area contributed by atoms with Crippen LogP contribution in [-0.4, -0.2) is 19.6 Å². The number of allylic oxidation sites excluding steroid dienone is 1. The molecule has 168 valence electrons. The van der Waals surface area contributed by atoms with Crippen LogP contribution in [0.15, 0.2) is 89.9 Å². The summed E-state index contributed by atoms with van der Waals surface area (Å²) in [5, 5.41) is 4.64. The molecule has 3 heteroatoms. The molecule has 0 bridgehead atoms. The third kappa shape index (κ3) is 4.93. The van der Waals surface area contributed by atoms with Crippen LogP contribution in [0.25, 0.3) is 32.7 Å². The standard InChI is InChI=1S/C30H31NO2/c1-4-6-11-21-33-28(12-5-2)31-26-19-17-22-13-7-9-15-24(22)29(26)30-25-16-10-8-14-23(25)18-20-27(30)32-3/h6-11,13-20H,4-5,12,21H2,1-3H3/b11-6+,31-28?. The zero-order valence-corrected chi connectivity index (χ0v) is 19.7. The summed E-state index contributed by atoms with van der Waals surface area (Å²) >= 11 is 0. The van der Waals surface area contributed by atoms with E-state index in [9.17, 15) is 0 Å². The molecule has 0 fully saturated rings. The fourth-order valence-corrected chi connectivity index (χ4v) is 4.18. The SMILES string of the molecule is CC/C=C/COC(CCC)=Nc1ccc2ccccc2c1-c1c(OC)ccc2ccccc12. The van der Waals surface area contributed by atoms with E-state index in [1.807, 2.05) is 6.07 Å². The highest BCUT2D eigenvalue weighted by atomic mass is 16.5. The van der Waals surface area contributed by atoms with Crippen LogP contribution in [0.4, 0.5) is 5.69 Å². The van der Waals surface area contributed by atoms with Gasteiger partial charge in [-0.2, -0.15) is 0 Å². The number of aliphatic imine (C=N–C) groups is 1. The van der Waals surface area contributed by atoms with Gasteiger partial charge >= 0.3 is 0 Å². The van der Waals surface area contributed by atoms with E-state index >= 15 is 0 Å². The van der Waals surface area contributed by atoms with Crippen molar-refractivity contribution in [1.29, 1.82) is 0 Å². The molecule has 4 rings (SSSR count). The van der Waals surface area contributed by atoms with Gasteiger partial charge in [-0.1, -0.05) is 86.7 Å². The van der Waals surface area contributed by atoms with Crippen molar-refractivity contribution in [2.75, 3.05) is 13.7 Å². The molecule has 0 aliphatic carbocycles. The smallest absolute Gasteiger partial charge is 0.188 e. The molecule has 33 heavy (non-hydrogen) atoms. The number of benzene rings is 4. The maximum atomic E-state index is 6.07. The third-order valence-electron chi connectivity index (χ3n) is 5.73. The summed E-state index contributed by atoms with van der Waals surface area (Å²) in [5.74, 6) is 1.60. The van der Waals surface area contributed by atoms with Crippen LogP contribution in [0.1, 0.15) is 33.1 Å². The van der Waals surface area contributed by atoms with E-state index in [4.69, 9.17) is 14.5 Å². The van der Waals surface area contributed by atoms with E-state index in [0.717, 1.165) is 58.5 Å². The Bertz CT molecular complexity index is 1300. The number of hydrogen-bond acceptors (Lipinski definition) is 3. The Morgan fingerprint density at radius 2 is 1.45 bits per heavy atom. The Labute approximate surface area is 196 Å². The Hall–Kier alpha value is -3.59. The van der Waals surface area contributed by atoms with Crippen LogP contribution in [0.2, 0.25) is 0 Å². The van der Waals surface area contributed by atoms with Gasteiger partial charge in [-0.15, -0.1) is 0 Å². The molecule has 3 nitrogen and oxygen atoms in total. The van der Waals surface area contributed by atoms with Crippen LogP contribution in [-0.2, 0) is 4.74 Å². The number of hydrogen-bond donors (Lipinski definition) is 0. The van der Waals surface area contributed by atoms with Crippen molar-refractivity contribution in [2.45, 2.75) is 33.1 Å². The van der Waals surface area contributed by atoms with E-state index in [1.54, 1.807) is 7.11 Å². The van der Waals surface area contributed by atoms with Crippen LogP contribution >= 0.6 is 0 Å². The quantitative estimate of drug-likeness (QED) is 0.157. The number of ether oxygens (including phenoxy) is 2. The Kier molecular flexibility index (Phi) is 7.41. The average molecular weight is 438 g/mol.